The van der Waals surface area contributed by atoms with E-state index < -0.39 is 0 Å². The Hall–Kier alpha value is -2.96. The number of anilines is 1. The van der Waals surface area contributed by atoms with Crippen LogP contribution in [-0.4, -0.2) is 38.7 Å². The molecule has 0 spiro atoms. The van der Waals surface area contributed by atoms with E-state index in [2.05, 4.69) is 25.3 Å². The Balaban J connectivity index is 1.50. The summed E-state index contributed by atoms with van der Waals surface area (Å²) in [5.74, 6) is 0.832. The van der Waals surface area contributed by atoms with Crippen molar-refractivity contribution in [2.24, 2.45) is 0 Å². The molecule has 0 bridgehead atoms. The van der Waals surface area contributed by atoms with E-state index in [1.54, 1.807) is 17.2 Å². The monoisotopic (exact) mass is 364 g/mol. The van der Waals surface area contributed by atoms with Crippen LogP contribution in [0.2, 0.25) is 0 Å². The lowest BCUT2D eigenvalue weighted by Crippen LogP contribution is -2.31. The summed E-state index contributed by atoms with van der Waals surface area (Å²) in [6, 6.07) is 9.86. The second kappa shape index (κ2) is 7.73. The highest BCUT2D eigenvalue weighted by molar-refractivity contribution is 5.88. The van der Waals surface area contributed by atoms with E-state index in [0.717, 1.165) is 29.9 Å². The minimum absolute atomic E-state index is 0.0564. The zero-order chi connectivity index (χ0) is 18.6. The zero-order valence-electron chi connectivity index (χ0n) is 15.5. The van der Waals surface area contributed by atoms with Crippen LogP contribution in [0.25, 0.3) is 11.0 Å². The van der Waals surface area contributed by atoms with E-state index in [0.29, 0.717) is 5.65 Å². The molecule has 0 unspecified atom stereocenters. The first kappa shape index (κ1) is 17.5. The lowest BCUT2D eigenvalue weighted by atomic mass is 10.1. The quantitative estimate of drug-likeness (QED) is 0.753. The number of hydrogen-bond acceptors (Lipinski definition) is 5. The second-order valence-corrected chi connectivity index (χ2v) is 6.98. The SMILES string of the molecule is C[C@H](NC(=O)Cn1ncc2c(N3CCCCC3)ncnc21)c1ccccc1. The highest BCUT2D eigenvalue weighted by atomic mass is 16.2. The van der Waals surface area contributed by atoms with Crippen molar-refractivity contribution in [3.63, 3.8) is 0 Å². The zero-order valence-corrected chi connectivity index (χ0v) is 15.5. The first-order valence-electron chi connectivity index (χ1n) is 9.48. The number of aromatic nitrogens is 4. The van der Waals surface area contributed by atoms with Gasteiger partial charge in [-0.05, 0) is 31.7 Å². The summed E-state index contributed by atoms with van der Waals surface area (Å²) in [6.45, 7) is 4.13. The molecule has 2 aromatic heterocycles. The summed E-state index contributed by atoms with van der Waals surface area (Å²) in [6.07, 6.45) is 6.96. The molecule has 7 nitrogen and oxygen atoms in total. The maximum atomic E-state index is 12.5. The Bertz CT molecular complexity index is 917. The molecule has 0 aliphatic carbocycles. The predicted molar refractivity (Wildman–Crippen MR) is 104 cm³/mol. The van der Waals surface area contributed by atoms with Crippen LogP contribution < -0.4 is 10.2 Å². The number of piperidine rings is 1. The van der Waals surface area contributed by atoms with Crippen molar-refractivity contribution in [3.8, 4) is 0 Å². The smallest absolute Gasteiger partial charge is 0.242 e. The van der Waals surface area contributed by atoms with Crippen LogP contribution in [-0.2, 0) is 11.3 Å². The van der Waals surface area contributed by atoms with Crippen LogP contribution in [0.15, 0.2) is 42.9 Å². The molecule has 27 heavy (non-hydrogen) atoms. The Morgan fingerprint density at radius 3 is 2.70 bits per heavy atom. The Kier molecular flexibility index (Phi) is 5.00. The normalized spacial score (nSPS) is 15.7. The van der Waals surface area contributed by atoms with Gasteiger partial charge in [0.15, 0.2) is 5.65 Å². The average molecular weight is 364 g/mol. The molecule has 1 aliphatic rings. The number of hydrogen-bond donors (Lipinski definition) is 1. The van der Waals surface area contributed by atoms with E-state index in [1.165, 1.54) is 19.3 Å². The highest BCUT2D eigenvalue weighted by Gasteiger charge is 2.19. The van der Waals surface area contributed by atoms with E-state index in [9.17, 15) is 4.79 Å². The summed E-state index contributed by atoms with van der Waals surface area (Å²) in [5, 5.41) is 8.33. The molecular formula is C20H24N6O. The van der Waals surface area contributed by atoms with E-state index in [4.69, 9.17) is 0 Å². The van der Waals surface area contributed by atoms with Gasteiger partial charge in [0.1, 0.15) is 18.7 Å². The summed E-state index contributed by atoms with van der Waals surface area (Å²) in [5.41, 5.74) is 1.78. The third-order valence-corrected chi connectivity index (χ3v) is 5.04. The van der Waals surface area contributed by atoms with Gasteiger partial charge >= 0.3 is 0 Å². The van der Waals surface area contributed by atoms with E-state index in [1.807, 2.05) is 37.3 Å². The minimum atomic E-state index is -0.0884. The molecule has 1 aliphatic heterocycles. The van der Waals surface area contributed by atoms with Gasteiger partial charge in [-0.3, -0.25) is 4.79 Å². The summed E-state index contributed by atoms with van der Waals surface area (Å²) >= 11 is 0. The van der Waals surface area contributed by atoms with Gasteiger partial charge in [0.05, 0.1) is 17.6 Å². The molecule has 3 aromatic rings. The Morgan fingerprint density at radius 1 is 1.15 bits per heavy atom. The molecular weight excluding hydrogens is 340 g/mol. The molecule has 0 radical (unpaired) electrons. The van der Waals surface area contributed by atoms with Crippen molar-refractivity contribution in [1.29, 1.82) is 0 Å². The van der Waals surface area contributed by atoms with Gasteiger partial charge in [0.25, 0.3) is 0 Å². The van der Waals surface area contributed by atoms with Gasteiger partial charge in [-0.1, -0.05) is 30.3 Å². The lowest BCUT2D eigenvalue weighted by molar-refractivity contribution is -0.122. The number of benzene rings is 1. The molecule has 1 fully saturated rings. The molecule has 1 N–H and O–H groups in total. The molecule has 1 atom stereocenters. The van der Waals surface area contributed by atoms with Crippen molar-refractivity contribution in [3.05, 3.63) is 48.4 Å². The van der Waals surface area contributed by atoms with Crippen LogP contribution in [0.5, 0.6) is 0 Å². The van der Waals surface area contributed by atoms with Crippen molar-refractivity contribution in [1.82, 2.24) is 25.1 Å². The number of nitrogens with one attached hydrogen (secondary N) is 1. The van der Waals surface area contributed by atoms with Crippen LogP contribution in [0.4, 0.5) is 5.82 Å². The van der Waals surface area contributed by atoms with Crippen molar-refractivity contribution in [2.75, 3.05) is 18.0 Å². The largest absolute Gasteiger partial charge is 0.356 e. The number of nitrogens with zero attached hydrogens (tertiary/aromatic N) is 5. The second-order valence-electron chi connectivity index (χ2n) is 6.98. The topological polar surface area (TPSA) is 75.9 Å². The van der Waals surface area contributed by atoms with Crippen molar-refractivity contribution in [2.45, 2.75) is 38.8 Å². The van der Waals surface area contributed by atoms with Crippen LogP contribution in [0.1, 0.15) is 37.8 Å². The number of carbonyl (C=O) groups is 1. The Morgan fingerprint density at radius 2 is 1.93 bits per heavy atom. The first-order chi connectivity index (χ1) is 13.2. The summed E-state index contributed by atoms with van der Waals surface area (Å²) in [4.78, 5) is 23.6. The molecule has 0 saturated carbocycles. The maximum absolute atomic E-state index is 12.5. The standard InChI is InChI=1S/C20H24N6O/c1-15(16-8-4-2-5-9-16)24-18(27)13-26-20-17(12-23-26)19(21-14-22-20)25-10-6-3-7-11-25/h2,4-5,8-9,12,14-15H,3,6-7,10-11,13H2,1H3,(H,24,27)/t15-/m0/s1. The van der Waals surface area contributed by atoms with Crippen LogP contribution in [0.3, 0.4) is 0 Å². The number of rotatable bonds is 5. The minimum Gasteiger partial charge on any atom is -0.356 e. The Labute approximate surface area is 158 Å². The fourth-order valence-electron chi connectivity index (χ4n) is 3.60. The molecule has 4 rings (SSSR count). The molecule has 1 saturated heterocycles. The van der Waals surface area contributed by atoms with Crippen LogP contribution in [0, 0.1) is 0 Å². The predicted octanol–water partition coefficient (Wildman–Crippen LogP) is 2.69. The number of carbonyl (C=O) groups excluding carboxylic acids is 1. The van der Waals surface area contributed by atoms with E-state index in [-0.39, 0.29) is 18.5 Å². The number of fused-ring (bicyclic) bond motifs is 1. The fraction of sp³-hybridized carbons (Fsp3) is 0.400. The highest BCUT2D eigenvalue weighted by Crippen LogP contribution is 2.25. The average Bonchev–Trinajstić information content (AvgIpc) is 3.12. The van der Waals surface area contributed by atoms with Gasteiger partial charge in [-0.25, -0.2) is 14.6 Å². The number of amides is 1. The molecule has 3 heterocycles. The lowest BCUT2D eigenvalue weighted by Gasteiger charge is -2.27. The van der Waals surface area contributed by atoms with Crippen LogP contribution >= 0.6 is 0 Å². The maximum Gasteiger partial charge on any atom is 0.242 e. The fourth-order valence-corrected chi connectivity index (χ4v) is 3.60. The summed E-state index contributed by atoms with van der Waals surface area (Å²) < 4.78 is 1.65. The third-order valence-electron chi connectivity index (χ3n) is 5.04. The summed E-state index contributed by atoms with van der Waals surface area (Å²) in [7, 11) is 0. The van der Waals surface area contributed by atoms with Gasteiger partial charge in [0.2, 0.25) is 5.91 Å². The third kappa shape index (κ3) is 3.77. The van der Waals surface area contributed by atoms with Gasteiger partial charge in [-0.2, -0.15) is 5.10 Å². The van der Waals surface area contributed by atoms with E-state index >= 15 is 0 Å². The van der Waals surface area contributed by atoms with Gasteiger partial charge < -0.3 is 10.2 Å². The van der Waals surface area contributed by atoms with Gasteiger partial charge in [0, 0.05) is 13.1 Å². The molecule has 1 amide bonds. The molecule has 140 valence electrons. The molecule has 1 aromatic carbocycles. The van der Waals surface area contributed by atoms with Crippen molar-refractivity contribution >= 4 is 22.8 Å². The first-order valence-corrected chi connectivity index (χ1v) is 9.48. The van der Waals surface area contributed by atoms with Crippen molar-refractivity contribution < 1.29 is 4.79 Å². The van der Waals surface area contributed by atoms with Gasteiger partial charge in [-0.15, -0.1) is 0 Å². The molecule has 7 heteroatoms.